The fourth-order valence-corrected chi connectivity index (χ4v) is 2.71. The number of aryl methyl sites for hydroxylation is 2. The Morgan fingerprint density at radius 2 is 2.12 bits per heavy atom. The van der Waals surface area contributed by atoms with E-state index in [-0.39, 0.29) is 11.8 Å². The molecule has 2 rings (SSSR count). The zero-order valence-corrected chi connectivity index (χ0v) is 15.5. The third kappa shape index (κ3) is 5.34. The lowest BCUT2D eigenvalue weighted by Gasteiger charge is -2.11. The summed E-state index contributed by atoms with van der Waals surface area (Å²) in [5.41, 5.74) is 1.50. The van der Waals surface area contributed by atoms with Crippen LogP contribution < -0.4 is 15.4 Å². The summed E-state index contributed by atoms with van der Waals surface area (Å²) in [6, 6.07) is 5.33. The summed E-state index contributed by atoms with van der Waals surface area (Å²) in [7, 11) is 3.16. The summed E-state index contributed by atoms with van der Waals surface area (Å²) >= 11 is 0. The molecule has 1 heterocycles. The van der Waals surface area contributed by atoms with E-state index in [1.54, 1.807) is 32.5 Å². The van der Waals surface area contributed by atoms with Gasteiger partial charge in [-0.05, 0) is 37.5 Å². The summed E-state index contributed by atoms with van der Waals surface area (Å²) < 4.78 is 7.39. The minimum Gasteiger partial charge on any atom is -0.496 e. The quantitative estimate of drug-likeness (QED) is 0.714. The highest BCUT2D eigenvalue weighted by atomic mass is 16.5. The van der Waals surface area contributed by atoms with E-state index in [0.717, 1.165) is 24.4 Å². The van der Waals surface area contributed by atoms with Crippen LogP contribution in [0.25, 0.3) is 0 Å². The van der Waals surface area contributed by atoms with Crippen molar-refractivity contribution in [1.29, 1.82) is 0 Å². The van der Waals surface area contributed by atoms with Crippen molar-refractivity contribution in [2.45, 2.75) is 32.7 Å². The number of nitrogens with zero attached hydrogens (tertiary/aromatic N) is 2. The van der Waals surface area contributed by atoms with Crippen LogP contribution in [0.15, 0.2) is 30.6 Å². The number of carbonyl (C=O) groups is 2. The van der Waals surface area contributed by atoms with Crippen LogP contribution in [-0.2, 0) is 17.8 Å². The third-order valence-corrected chi connectivity index (χ3v) is 4.22. The van der Waals surface area contributed by atoms with Gasteiger partial charge in [0.25, 0.3) is 5.91 Å². The number of nitrogens with one attached hydrogen (secondary N) is 2. The molecule has 7 nitrogen and oxygen atoms in total. The molecule has 0 aliphatic carbocycles. The highest BCUT2D eigenvalue weighted by Crippen LogP contribution is 2.20. The molecule has 2 aromatic rings. The number of hydrogen-bond acceptors (Lipinski definition) is 4. The number of amides is 2. The van der Waals surface area contributed by atoms with Gasteiger partial charge in [0.15, 0.2) is 0 Å². The topological polar surface area (TPSA) is 85.3 Å². The van der Waals surface area contributed by atoms with Crippen molar-refractivity contribution in [1.82, 2.24) is 20.2 Å². The molecule has 2 N–H and O–H groups in total. The van der Waals surface area contributed by atoms with Gasteiger partial charge in [-0.2, -0.15) is 0 Å². The molecule has 0 atom stereocenters. The van der Waals surface area contributed by atoms with Gasteiger partial charge >= 0.3 is 0 Å². The average Bonchev–Trinajstić information content (AvgIpc) is 3.06. The standard InChI is InChI=1S/C19H26N4O3/c1-14-21-10-12-23(14)11-4-5-18(24)22-9-8-15-6-7-16(19(25)20-2)13-17(15)26-3/h6-7,10,12-13H,4-5,8-9,11H2,1-3H3,(H,20,25)(H,22,24). The first kappa shape index (κ1) is 19.5. The lowest BCUT2D eigenvalue weighted by atomic mass is 10.1. The van der Waals surface area contributed by atoms with E-state index in [0.29, 0.717) is 30.7 Å². The number of benzene rings is 1. The summed E-state index contributed by atoms with van der Waals surface area (Å²) in [4.78, 5) is 27.8. The Morgan fingerprint density at radius 3 is 2.77 bits per heavy atom. The molecule has 140 valence electrons. The van der Waals surface area contributed by atoms with Crippen molar-refractivity contribution in [2.24, 2.45) is 0 Å². The lowest BCUT2D eigenvalue weighted by molar-refractivity contribution is -0.121. The number of ether oxygens (including phenoxy) is 1. The van der Waals surface area contributed by atoms with Gasteiger partial charge in [0.05, 0.1) is 7.11 Å². The van der Waals surface area contributed by atoms with Gasteiger partial charge in [0.2, 0.25) is 5.91 Å². The smallest absolute Gasteiger partial charge is 0.251 e. The first-order chi connectivity index (χ1) is 12.5. The predicted octanol–water partition coefficient (Wildman–Crippen LogP) is 1.70. The Hall–Kier alpha value is -2.83. The highest BCUT2D eigenvalue weighted by molar-refractivity contribution is 5.94. The first-order valence-corrected chi connectivity index (χ1v) is 8.68. The van der Waals surface area contributed by atoms with Crippen LogP contribution in [0.1, 0.15) is 34.6 Å². The largest absolute Gasteiger partial charge is 0.496 e. The fraction of sp³-hybridized carbons (Fsp3) is 0.421. The van der Waals surface area contributed by atoms with E-state index in [2.05, 4.69) is 15.6 Å². The van der Waals surface area contributed by atoms with Gasteiger partial charge in [-0.15, -0.1) is 0 Å². The van der Waals surface area contributed by atoms with Gasteiger partial charge in [0, 0.05) is 44.5 Å². The zero-order valence-electron chi connectivity index (χ0n) is 15.5. The molecule has 1 aromatic heterocycles. The molecule has 0 saturated heterocycles. The number of rotatable bonds is 9. The molecule has 0 radical (unpaired) electrons. The molecule has 0 bridgehead atoms. The van der Waals surface area contributed by atoms with Crippen molar-refractivity contribution in [2.75, 3.05) is 20.7 Å². The second-order valence-corrected chi connectivity index (χ2v) is 5.98. The van der Waals surface area contributed by atoms with Crippen molar-refractivity contribution >= 4 is 11.8 Å². The van der Waals surface area contributed by atoms with Crippen molar-refractivity contribution in [3.8, 4) is 5.75 Å². The van der Waals surface area contributed by atoms with Crippen LogP contribution >= 0.6 is 0 Å². The molecule has 2 amide bonds. The Morgan fingerprint density at radius 1 is 1.31 bits per heavy atom. The van der Waals surface area contributed by atoms with E-state index in [1.165, 1.54) is 0 Å². The number of carbonyl (C=O) groups excluding carboxylic acids is 2. The monoisotopic (exact) mass is 358 g/mol. The van der Waals surface area contributed by atoms with E-state index in [9.17, 15) is 9.59 Å². The van der Waals surface area contributed by atoms with Crippen molar-refractivity contribution in [3.05, 3.63) is 47.5 Å². The van der Waals surface area contributed by atoms with E-state index < -0.39 is 0 Å². The summed E-state index contributed by atoms with van der Waals surface area (Å²) in [6.45, 7) is 3.26. The molecule has 0 fully saturated rings. The summed E-state index contributed by atoms with van der Waals surface area (Å²) in [5.74, 6) is 1.48. The lowest BCUT2D eigenvalue weighted by Crippen LogP contribution is -2.26. The van der Waals surface area contributed by atoms with E-state index >= 15 is 0 Å². The average molecular weight is 358 g/mol. The van der Waals surface area contributed by atoms with Crippen LogP contribution in [0.5, 0.6) is 5.75 Å². The van der Waals surface area contributed by atoms with Crippen LogP contribution in [0.3, 0.4) is 0 Å². The minimum atomic E-state index is -0.156. The molecule has 0 saturated carbocycles. The Balaban J connectivity index is 1.77. The zero-order chi connectivity index (χ0) is 18.9. The third-order valence-electron chi connectivity index (χ3n) is 4.22. The molecule has 7 heteroatoms. The maximum Gasteiger partial charge on any atom is 0.251 e. The van der Waals surface area contributed by atoms with Crippen LogP contribution in [0.4, 0.5) is 0 Å². The highest BCUT2D eigenvalue weighted by Gasteiger charge is 2.09. The molecule has 0 aliphatic heterocycles. The van der Waals surface area contributed by atoms with Gasteiger partial charge < -0.3 is 19.9 Å². The molecule has 1 aromatic carbocycles. The van der Waals surface area contributed by atoms with Gasteiger partial charge in [-0.25, -0.2) is 4.98 Å². The molecular formula is C19H26N4O3. The first-order valence-electron chi connectivity index (χ1n) is 8.68. The maximum atomic E-state index is 12.0. The number of methoxy groups -OCH3 is 1. The van der Waals surface area contributed by atoms with Gasteiger partial charge in [-0.1, -0.05) is 6.07 Å². The summed E-state index contributed by atoms with van der Waals surface area (Å²) in [5, 5.41) is 5.51. The van der Waals surface area contributed by atoms with Crippen LogP contribution in [0.2, 0.25) is 0 Å². The number of hydrogen-bond donors (Lipinski definition) is 2. The Kier molecular flexibility index (Phi) is 7.20. The SMILES string of the molecule is CNC(=O)c1ccc(CCNC(=O)CCCn2ccnc2C)c(OC)c1. The van der Waals surface area contributed by atoms with Gasteiger partial charge in [0.1, 0.15) is 11.6 Å². The van der Waals surface area contributed by atoms with E-state index in [4.69, 9.17) is 4.74 Å². The predicted molar refractivity (Wildman–Crippen MR) is 99.3 cm³/mol. The number of imidazole rings is 1. The molecular weight excluding hydrogens is 332 g/mol. The minimum absolute atomic E-state index is 0.0312. The molecule has 0 unspecified atom stereocenters. The van der Waals surface area contributed by atoms with Gasteiger partial charge in [-0.3, -0.25) is 9.59 Å². The Bertz CT molecular complexity index is 755. The second-order valence-electron chi connectivity index (χ2n) is 5.98. The molecule has 26 heavy (non-hydrogen) atoms. The fourth-order valence-electron chi connectivity index (χ4n) is 2.71. The summed E-state index contributed by atoms with van der Waals surface area (Å²) in [6.07, 6.45) is 5.57. The number of aromatic nitrogens is 2. The second kappa shape index (κ2) is 9.60. The van der Waals surface area contributed by atoms with Crippen LogP contribution in [0, 0.1) is 6.92 Å². The molecule has 0 spiro atoms. The van der Waals surface area contributed by atoms with Crippen molar-refractivity contribution in [3.63, 3.8) is 0 Å². The molecule has 0 aliphatic rings. The Labute approximate surface area is 153 Å². The van der Waals surface area contributed by atoms with Crippen LogP contribution in [-0.4, -0.2) is 42.1 Å². The maximum absolute atomic E-state index is 12.0. The van der Waals surface area contributed by atoms with Crippen molar-refractivity contribution < 1.29 is 14.3 Å². The van der Waals surface area contributed by atoms with E-state index in [1.807, 2.05) is 23.8 Å². The normalized spacial score (nSPS) is 10.4.